The molecular weight excluding hydrogens is 1070 g/mol. The molecule has 1 aliphatic rings. The summed E-state index contributed by atoms with van der Waals surface area (Å²) in [5.41, 5.74) is 2.23. The number of anilines is 4. The average molecular weight is 1150 g/mol. The van der Waals surface area contributed by atoms with Crippen molar-refractivity contribution in [3.8, 4) is 34.1 Å². The van der Waals surface area contributed by atoms with Crippen LogP contribution < -0.4 is 14.5 Å². The molecular formula is C66H58N5OPt-3. The van der Waals surface area contributed by atoms with E-state index in [0.717, 1.165) is 40.5 Å². The molecule has 0 N–H and O–H groups in total. The molecule has 3 aromatic heterocycles. The maximum absolute atomic E-state index is 9.68. The first-order valence-corrected chi connectivity index (χ1v) is 23.2. The summed E-state index contributed by atoms with van der Waals surface area (Å²) < 4.78 is 206. The Hall–Kier alpha value is -7.40. The molecule has 1 aliphatic heterocycles. The molecule has 8 aromatic carbocycles. The quantitative estimate of drug-likeness (QED) is 0.135. The second-order valence-electron chi connectivity index (χ2n) is 19.6. The van der Waals surface area contributed by atoms with Crippen molar-refractivity contribution >= 4 is 66.4 Å². The van der Waals surface area contributed by atoms with Crippen LogP contribution in [0.1, 0.15) is 102 Å². The molecule has 12 rings (SSSR count). The van der Waals surface area contributed by atoms with E-state index < -0.39 is 121 Å². The predicted octanol–water partition coefficient (Wildman–Crippen LogP) is 17.5. The molecule has 0 saturated carbocycles. The van der Waals surface area contributed by atoms with E-state index in [0.29, 0.717) is 5.69 Å². The molecule has 0 saturated heterocycles. The van der Waals surface area contributed by atoms with Crippen molar-refractivity contribution < 1.29 is 56.0 Å². The Morgan fingerprint density at radius 2 is 1.29 bits per heavy atom. The molecule has 0 atom stereocenters. The van der Waals surface area contributed by atoms with Gasteiger partial charge < -0.3 is 23.7 Å². The Morgan fingerprint density at radius 3 is 1.97 bits per heavy atom. The Balaban J connectivity index is 0.00000919. The first kappa shape index (κ1) is 28.7. The van der Waals surface area contributed by atoms with Crippen LogP contribution in [0.4, 0.5) is 22.7 Å². The standard InChI is InChI=1S/C66H58N5O.Pt/c1-43(2)33-45-34-63(67-41-55(45)44-21-10-9-11-22-44)71-58-30-17-14-27-54(58)64-61(70-56-28-15-12-25-52(56)53-26-13-16-29-57(53)70)39-51(40-62(64)71)72-50-24-20-23-48(38-50)68-42-69(60-32-19-18-31-59(60)68)49-36-46(65(3,4)5)35-47(37-49)66(6,7)8;/h9-32,34-37,39,41-43H,33H2,1-8H3;/q-3;/i1D3,2D3,9D,10D,11D,12D,13D,15D,16D,21D,22D,25D,26D,28D,29D,33D2,43D;. The summed E-state index contributed by atoms with van der Waals surface area (Å²) in [6.07, 6.45) is -2.95. The number of ether oxygens (including phenoxy) is 1. The number of benzene rings is 8. The molecule has 0 fully saturated rings. The van der Waals surface area contributed by atoms with E-state index in [9.17, 15) is 9.60 Å². The SMILES string of the molecule is [2H]c1c([2H])c([2H])c(-c2cnc(-n3c4[c-]c(Oc5[c-]c(N6[CH-]N(c7cc(C(C)(C)C)cc(C(C)(C)C)c7)c7ccccc76)ccc5)cc(-n5c6c([2H])c([2H])c([2H])c([2H])c6c6c([2H])c([2H])c([2H])c([2H])c65)c4c4ccccc43)cc2C([2H])([2H])C([2H])(C([2H])([2H])[2H])C([2H])([2H])[2H])c([2H])c1[2H].[Pt]. The van der Waals surface area contributed by atoms with Gasteiger partial charge in [0.15, 0.2) is 0 Å². The van der Waals surface area contributed by atoms with Crippen LogP contribution in [-0.2, 0) is 38.3 Å². The average Bonchev–Trinajstić information content (AvgIpc) is 1.65. The number of aromatic nitrogens is 3. The first-order valence-electron chi connectivity index (χ1n) is 34.2. The molecule has 0 spiro atoms. The molecule has 0 radical (unpaired) electrons. The van der Waals surface area contributed by atoms with Crippen molar-refractivity contribution in [3.05, 3.63) is 217 Å². The number of fused-ring (bicyclic) bond motifs is 7. The summed E-state index contributed by atoms with van der Waals surface area (Å²) in [7, 11) is 0. The minimum absolute atomic E-state index is 0. The number of para-hydroxylation sites is 5. The van der Waals surface area contributed by atoms with Crippen molar-refractivity contribution in [2.45, 2.75) is 72.4 Å². The van der Waals surface area contributed by atoms with Crippen LogP contribution in [0.15, 0.2) is 182 Å². The third kappa shape index (κ3) is 8.60. The van der Waals surface area contributed by atoms with Gasteiger partial charge in [-0.25, -0.2) is 4.98 Å². The Morgan fingerprint density at radius 1 is 0.644 bits per heavy atom. The van der Waals surface area contributed by atoms with Gasteiger partial charge in [-0.2, -0.15) is 6.07 Å². The van der Waals surface area contributed by atoms with Gasteiger partial charge in [-0.1, -0.05) is 169 Å². The van der Waals surface area contributed by atoms with E-state index in [1.165, 1.54) is 15.2 Å². The van der Waals surface area contributed by atoms with Gasteiger partial charge in [0, 0.05) is 90.0 Å². The zero-order valence-corrected chi connectivity index (χ0v) is 42.6. The van der Waals surface area contributed by atoms with Crippen LogP contribution in [0.3, 0.4) is 0 Å². The zero-order chi connectivity index (χ0) is 68.5. The number of rotatable bonds is 9. The third-order valence-electron chi connectivity index (χ3n) is 12.9. The molecule has 73 heavy (non-hydrogen) atoms. The number of pyridine rings is 1. The maximum atomic E-state index is 9.68. The molecule has 0 bridgehead atoms. The molecule has 6 nitrogen and oxygen atoms in total. The van der Waals surface area contributed by atoms with Gasteiger partial charge in [0.2, 0.25) is 0 Å². The third-order valence-corrected chi connectivity index (χ3v) is 12.9. The van der Waals surface area contributed by atoms with E-state index in [4.69, 9.17) is 30.3 Å². The maximum Gasteiger partial charge on any atom is 0.135 e. The summed E-state index contributed by atoms with van der Waals surface area (Å²) in [4.78, 5) is 8.75. The summed E-state index contributed by atoms with van der Waals surface area (Å²) >= 11 is 0. The van der Waals surface area contributed by atoms with Crippen LogP contribution >= 0.6 is 0 Å². The normalized spacial score (nSPS) is 17.9. The van der Waals surface area contributed by atoms with Crippen LogP contribution in [0, 0.1) is 24.7 Å². The summed E-state index contributed by atoms with van der Waals surface area (Å²) in [6.45, 7) is 7.05. The second-order valence-corrected chi connectivity index (χ2v) is 19.6. The topological polar surface area (TPSA) is 38.5 Å². The Kier molecular flexibility index (Phi) is 7.31. The number of hydrogen-bond donors (Lipinski definition) is 0. The summed E-state index contributed by atoms with van der Waals surface area (Å²) in [5.74, 6) is -4.47. The number of hydrogen-bond acceptors (Lipinski definition) is 4. The van der Waals surface area contributed by atoms with E-state index in [2.05, 4.69) is 76.8 Å². The molecule has 366 valence electrons. The smallest absolute Gasteiger partial charge is 0.135 e. The van der Waals surface area contributed by atoms with Crippen molar-refractivity contribution in [1.82, 2.24) is 14.1 Å². The van der Waals surface area contributed by atoms with Gasteiger partial charge in [0.25, 0.3) is 0 Å². The van der Waals surface area contributed by atoms with Crippen molar-refractivity contribution in [2.24, 2.45) is 5.89 Å². The van der Waals surface area contributed by atoms with E-state index in [-0.39, 0.29) is 98.5 Å². The summed E-state index contributed by atoms with van der Waals surface area (Å²) in [6, 6.07) is 25.5. The van der Waals surface area contributed by atoms with Gasteiger partial charge >= 0.3 is 0 Å². The van der Waals surface area contributed by atoms with E-state index in [1.807, 2.05) is 41.9 Å². The Labute approximate surface area is 474 Å². The molecule has 0 aliphatic carbocycles. The van der Waals surface area contributed by atoms with Crippen molar-refractivity contribution in [2.75, 3.05) is 9.80 Å². The predicted molar refractivity (Wildman–Crippen MR) is 300 cm³/mol. The molecule has 7 heteroatoms. The van der Waals surface area contributed by atoms with Gasteiger partial charge in [-0.3, -0.25) is 0 Å². The molecule has 11 aromatic rings. The van der Waals surface area contributed by atoms with Gasteiger partial charge in [-0.05, 0) is 105 Å². The molecule has 0 unspecified atom stereocenters. The number of nitrogens with zero attached hydrogens (tertiary/aromatic N) is 5. The van der Waals surface area contributed by atoms with Crippen LogP contribution in [0.2, 0.25) is 0 Å². The molecule has 4 heterocycles. The van der Waals surface area contributed by atoms with Gasteiger partial charge in [0.05, 0.1) is 28.9 Å². The Bertz CT molecular complexity index is 4890. The fraction of sp³-hybridized carbons (Fsp3) is 0.182. The first-order chi connectivity index (χ1) is 43.7. The fourth-order valence-corrected chi connectivity index (χ4v) is 9.37. The van der Waals surface area contributed by atoms with E-state index >= 15 is 0 Å². The van der Waals surface area contributed by atoms with Crippen molar-refractivity contribution in [1.29, 1.82) is 0 Å². The second kappa shape index (κ2) is 18.6. The minimum Gasteiger partial charge on any atom is -0.509 e. The molecule has 0 amide bonds. The van der Waals surface area contributed by atoms with Crippen LogP contribution in [0.5, 0.6) is 11.5 Å². The monoisotopic (exact) mass is 1150 g/mol. The zero-order valence-electron chi connectivity index (χ0n) is 62.4. The minimum atomic E-state index is -4.03. The summed E-state index contributed by atoms with van der Waals surface area (Å²) in [5, 5.41) is -0.0850. The fourth-order valence-electron chi connectivity index (χ4n) is 9.37. The van der Waals surface area contributed by atoms with Crippen LogP contribution in [-0.4, -0.2) is 14.1 Å². The van der Waals surface area contributed by atoms with Crippen LogP contribution in [0.25, 0.3) is 66.2 Å². The van der Waals surface area contributed by atoms with Gasteiger partial charge in [0.1, 0.15) is 5.82 Å². The van der Waals surface area contributed by atoms with Crippen molar-refractivity contribution in [3.63, 3.8) is 0 Å². The van der Waals surface area contributed by atoms with E-state index in [1.54, 1.807) is 36.4 Å². The largest absolute Gasteiger partial charge is 0.509 e. The van der Waals surface area contributed by atoms with Gasteiger partial charge in [-0.15, -0.1) is 42.7 Å².